The normalized spacial score (nSPS) is 25.1. The molecule has 0 aromatic heterocycles. The summed E-state index contributed by atoms with van der Waals surface area (Å²) in [5.41, 5.74) is 0. The highest BCUT2D eigenvalue weighted by atomic mass is 32.2. The van der Waals surface area contributed by atoms with E-state index in [9.17, 15) is 23.1 Å². The van der Waals surface area contributed by atoms with Crippen LogP contribution in [0.1, 0.15) is 124 Å². The summed E-state index contributed by atoms with van der Waals surface area (Å²) in [6.07, 6.45) is 13.2. The topological polar surface area (TPSA) is 119 Å². The molecule has 0 heterocycles. The van der Waals surface area contributed by atoms with Crippen molar-refractivity contribution in [2.75, 3.05) is 26.7 Å². The molecule has 3 N–H and O–H groups in total. The summed E-state index contributed by atoms with van der Waals surface area (Å²) in [6, 6.07) is -0.504. The van der Waals surface area contributed by atoms with Crippen molar-refractivity contribution in [2.45, 2.75) is 141 Å². The number of sulfonamides is 1. The lowest BCUT2D eigenvalue weighted by Gasteiger charge is -2.37. The molecule has 252 valence electrons. The fourth-order valence-corrected chi connectivity index (χ4v) is 9.31. The molecule has 0 bridgehead atoms. The van der Waals surface area contributed by atoms with E-state index in [1.165, 1.54) is 11.4 Å². The maximum atomic E-state index is 13.9. The molecule has 0 radical (unpaired) electrons. The molecule has 10 heteroatoms. The molecular formula is C34H60N4O5S. The van der Waals surface area contributed by atoms with Crippen LogP contribution in [0.2, 0.25) is 0 Å². The van der Waals surface area contributed by atoms with Crippen LogP contribution in [-0.2, 0) is 19.6 Å². The third-order valence-electron chi connectivity index (χ3n) is 9.91. The number of amides is 2. The van der Waals surface area contributed by atoms with Crippen molar-refractivity contribution >= 4 is 21.8 Å². The molecule has 0 aliphatic heterocycles. The van der Waals surface area contributed by atoms with Crippen LogP contribution in [0.4, 0.5) is 0 Å². The molecule has 9 nitrogen and oxygen atoms in total. The summed E-state index contributed by atoms with van der Waals surface area (Å²) in [5.74, 6) is 6.03. The average Bonchev–Trinajstić information content (AvgIpc) is 3.01. The van der Waals surface area contributed by atoms with Crippen molar-refractivity contribution in [3.63, 3.8) is 0 Å². The largest absolute Gasteiger partial charge is 0.390 e. The number of hydrogen-bond acceptors (Lipinski definition) is 6. The van der Waals surface area contributed by atoms with Crippen LogP contribution in [0.5, 0.6) is 0 Å². The third kappa shape index (κ3) is 11.3. The molecule has 0 spiro atoms. The van der Waals surface area contributed by atoms with Gasteiger partial charge in [-0.25, -0.2) is 13.4 Å². The molecule has 3 aliphatic rings. The zero-order valence-corrected chi connectivity index (χ0v) is 28.7. The zero-order chi connectivity index (χ0) is 32.1. The van der Waals surface area contributed by atoms with Crippen LogP contribution in [0.15, 0.2) is 0 Å². The molecule has 0 saturated heterocycles. The van der Waals surface area contributed by atoms with Gasteiger partial charge >= 0.3 is 0 Å². The Morgan fingerprint density at radius 2 is 1.50 bits per heavy atom. The quantitative estimate of drug-likeness (QED) is 0.179. The SMILES string of the molecule is CC#CC1CC(C(=O)NC(CC2CCCCC2)C(O)CN(C)NS(=O)(=O)C2CCCCC2)CC(C(=O)N(CCC)CCC)C1. The fourth-order valence-electron chi connectivity index (χ4n) is 7.69. The summed E-state index contributed by atoms with van der Waals surface area (Å²) in [7, 11) is -1.89. The highest BCUT2D eigenvalue weighted by Crippen LogP contribution is 2.35. The first-order chi connectivity index (χ1) is 21.1. The first-order valence-corrected chi connectivity index (χ1v) is 19.0. The van der Waals surface area contributed by atoms with Crippen LogP contribution in [0.25, 0.3) is 0 Å². The Kier molecular flexibility index (Phi) is 15.4. The van der Waals surface area contributed by atoms with Gasteiger partial charge in [-0.15, -0.1) is 16.7 Å². The van der Waals surface area contributed by atoms with Gasteiger partial charge in [0.2, 0.25) is 21.8 Å². The summed E-state index contributed by atoms with van der Waals surface area (Å²) >= 11 is 0. The maximum absolute atomic E-state index is 13.9. The Balaban J connectivity index is 1.71. The van der Waals surface area contributed by atoms with Gasteiger partial charge in [0.05, 0.1) is 17.4 Å². The molecule has 5 unspecified atom stereocenters. The molecule has 44 heavy (non-hydrogen) atoms. The van der Waals surface area contributed by atoms with Gasteiger partial charge in [0, 0.05) is 44.4 Å². The van der Waals surface area contributed by atoms with Crippen molar-refractivity contribution in [3.8, 4) is 11.8 Å². The van der Waals surface area contributed by atoms with E-state index < -0.39 is 27.4 Å². The van der Waals surface area contributed by atoms with Crippen LogP contribution < -0.4 is 10.1 Å². The molecule has 0 aromatic rings. The van der Waals surface area contributed by atoms with Crippen molar-refractivity contribution in [1.29, 1.82) is 0 Å². The number of nitrogens with one attached hydrogen (secondary N) is 2. The Morgan fingerprint density at radius 1 is 0.909 bits per heavy atom. The van der Waals surface area contributed by atoms with E-state index in [0.29, 0.717) is 44.4 Å². The molecule has 3 rings (SSSR count). The number of carbonyl (C=O) groups excluding carboxylic acids is 2. The average molecular weight is 637 g/mol. The minimum Gasteiger partial charge on any atom is -0.390 e. The number of aliphatic hydroxyl groups excluding tert-OH is 1. The summed E-state index contributed by atoms with van der Waals surface area (Å²) in [4.78, 5) is 32.1. The summed E-state index contributed by atoms with van der Waals surface area (Å²) in [5, 5.41) is 15.7. The fraction of sp³-hybridized carbons (Fsp3) is 0.882. The third-order valence-corrected chi connectivity index (χ3v) is 11.8. The molecular weight excluding hydrogens is 576 g/mol. The number of rotatable bonds is 15. The highest BCUT2D eigenvalue weighted by Gasteiger charge is 2.39. The van der Waals surface area contributed by atoms with Crippen LogP contribution in [0, 0.1) is 35.5 Å². The minimum absolute atomic E-state index is 0.0226. The van der Waals surface area contributed by atoms with Gasteiger partial charge < -0.3 is 15.3 Å². The lowest BCUT2D eigenvalue weighted by atomic mass is 9.74. The number of carbonyl (C=O) groups is 2. The second-order valence-electron chi connectivity index (χ2n) is 13.7. The maximum Gasteiger partial charge on any atom is 0.227 e. The van der Waals surface area contributed by atoms with E-state index >= 15 is 0 Å². The lowest BCUT2D eigenvalue weighted by Crippen LogP contribution is -2.54. The van der Waals surface area contributed by atoms with Gasteiger partial charge in [-0.05, 0) is 64.2 Å². The number of nitrogens with zero attached hydrogens (tertiary/aromatic N) is 2. The first kappa shape index (κ1) is 36.8. The second-order valence-corrected chi connectivity index (χ2v) is 15.7. The Hall–Kier alpha value is -1.67. The second kappa shape index (κ2) is 18.5. The van der Waals surface area contributed by atoms with Crippen molar-refractivity contribution in [1.82, 2.24) is 20.1 Å². The molecule has 3 saturated carbocycles. The number of likely N-dealkylation sites (N-methyl/N-ethyl adjacent to an activating group) is 1. The van der Waals surface area contributed by atoms with Gasteiger partial charge in [0.1, 0.15) is 0 Å². The highest BCUT2D eigenvalue weighted by molar-refractivity contribution is 7.90. The zero-order valence-electron chi connectivity index (χ0n) is 27.9. The molecule has 3 aliphatic carbocycles. The van der Waals surface area contributed by atoms with Gasteiger partial charge in [-0.3, -0.25) is 9.59 Å². The standard InChI is InChI=1S/C34H60N4O5S/c1-5-14-27-21-28(24-29(22-27)34(41)38(19-6-2)20-7-3)33(40)35-31(23-26-15-10-8-11-16-26)32(39)25-37(4)36-44(42,43)30-17-12-9-13-18-30/h26-32,36,39H,6-13,15-25H2,1-4H3,(H,35,40). The smallest absolute Gasteiger partial charge is 0.227 e. The first-order valence-electron chi connectivity index (χ1n) is 17.5. The Morgan fingerprint density at radius 3 is 2.09 bits per heavy atom. The van der Waals surface area contributed by atoms with E-state index in [-0.39, 0.29) is 36.1 Å². The lowest BCUT2D eigenvalue weighted by molar-refractivity contribution is -0.139. The van der Waals surface area contributed by atoms with Gasteiger partial charge in [0.15, 0.2) is 0 Å². The van der Waals surface area contributed by atoms with E-state index in [0.717, 1.165) is 70.9 Å². The van der Waals surface area contributed by atoms with Crippen LogP contribution >= 0.6 is 0 Å². The number of hydrazine groups is 1. The molecule has 5 atom stereocenters. The predicted molar refractivity (Wildman–Crippen MR) is 176 cm³/mol. The van der Waals surface area contributed by atoms with Gasteiger partial charge in [-0.1, -0.05) is 65.2 Å². The number of aliphatic hydroxyl groups is 1. The summed E-state index contributed by atoms with van der Waals surface area (Å²) in [6.45, 7) is 7.47. The molecule has 2 amide bonds. The van der Waals surface area contributed by atoms with E-state index in [2.05, 4.69) is 35.8 Å². The van der Waals surface area contributed by atoms with Crippen molar-refractivity contribution < 1.29 is 23.1 Å². The van der Waals surface area contributed by atoms with Crippen LogP contribution in [-0.4, -0.2) is 79.3 Å². The van der Waals surface area contributed by atoms with Gasteiger partial charge in [0.25, 0.3) is 0 Å². The van der Waals surface area contributed by atoms with Crippen LogP contribution in [0.3, 0.4) is 0 Å². The van der Waals surface area contributed by atoms with E-state index in [1.807, 2.05) is 4.90 Å². The predicted octanol–water partition coefficient (Wildman–Crippen LogP) is 4.61. The van der Waals surface area contributed by atoms with Crippen molar-refractivity contribution in [3.05, 3.63) is 0 Å². The Labute approximate surface area is 267 Å². The minimum atomic E-state index is -3.53. The Bertz CT molecular complexity index is 1060. The van der Waals surface area contributed by atoms with Gasteiger partial charge in [-0.2, -0.15) is 0 Å². The monoisotopic (exact) mass is 636 g/mol. The van der Waals surface area contributed by atoms with E-state index in [1.54, 1.807) is 14.0 Å². The summed E-state index contributed by atoms with van der Waals surface area (Å²) < 4.78 is 26.0. The van der Waals surface area contributed by atoms with E-state index in [4.69, 9.17) is 0 Å². The number of hydrogen-bond donors (Lipinski definition) is 3. The molecule has 3 fully saturated rings. The van der Waals surface area contributed by atoms with Crippen molar-refractivity contribution in [2.24, 2.45) is 23.7 Å². The molecule has 0 aromatic carbocycles.